The molecule has 5 heteroatoms. The van der Waals surface area contributed by atoms with E-state index < -0.39 is 17.4 Å². The quantitative estimate of drug-likeness (QED) is 0.367. The Morgan fingerprint density at radius 2 is 1.33 bits per heavy atom. The predicted molar refractivity (Wildman–Crippen MR) is 74.5 cm³/mol. The van der Waals surface area contributed by atoms with E-state index in [1.807, 2.05) is 6.92 Å². The molecule has 0 aliphatic rings. The van der Waals surface area contributed by atoms with E-state index in [9.17, 15) is 9.59 Å². The Morgan fingerprint density at radius 1 is 0.833 bits per heavy atom. The van der Waals surface area contributed by atoms with Crippen LogP contribution in [-0.4, -0.2) is 59.9 Å². The van der Waals surface area contributed by atoms with Gasteiger partial charge < -0.3 is 10.2 Å². The third kappa shape index (κ3) is 6.39. The SMILES string of the molecule is CCCCCCCC(CCC)(C(=O)O)C(=O)O.[CaH2]. The van der Waals surface area contributed by atoms with Crippen LogP contribution in [0.15, 0.2) is 0 Å². The van der Waals surface area contributed by atoms with E-state index in [1.165, 1.54) is 0 Å². The van der Waals surface area contributed by atoms with E-state index >= 15 is 0 Å². The zero-order valence-electron chi connectivity index (χ0n) is 10.9. The molecule has 4 nitrogen and oxygen atoms in total. The summed E-state index contributed by atoms with van der Waals surface area (Å²) in [5.74, 6) is -2.38. The molecule has 18 heavy (non-hydrogen) atoms. The molecule has 0 fully saturated rings. The van der Waals surface area contributed by atoms with Gasteiger partial charge in [0.25, 0.3) is 0 Å². The van der Waals surface area contributed by atoms with Gasteiger partial charge in [-0.1, -0.05) is 52.4 Å². The van der Waals surface area contributed by atoms with E-state index in [1.54, 1.807) is 0 Å². The number of carboxylic acids is 2. The van der Waals surface area contributed by atoms with Crippen molar-refractivity contribution in [1.29, 1.82) is 0 Å². The summed E-state index contributed by atoms with van der Waals surface area (Å²) in [6, 6.07) is 0. The Kier molecular flexibility index (Phi) is 12.6. The molecular formula is C13H26CaO4. The molecule has 104 valence electrons. The van der Waals surface area contributed by atoms with Crippen molar-refractivity contribution in [3.05, 3.63) is 0 Å². The monoisotopic (exact) mass is 286 g/mol. The average Bonchev–Trinajstić information content (AvgIpc) is 2.26. The summed E-state index contributed by atoms with van der Waals surface area (Å²) in [6.07, 6.45) is 5.93. The van der Waals surface area contributed by atoms with Crippen LogP contribution in [0.4, 0.5) is 0 Å². The Morgan fingerprint density at radius 3 is 1.72 bits per heavy atom. The topological polar surface area (TPSA) is 74.6 Å². The Hall–Kier alpha value is 0.200. The Labute approximate surface area is 139 Å². The number of aliphatic carboxylic acids is 2. The van der Waals surface area contributed by atoms with Crippen molar-refractivity contribution in [3.8, 4) is 0 Å². The molecular weight excluding hydrogens is 260 g/mol. The van der Waals surface area contributed by atoms with Gasteiger partial charge >= 0.3 is 49.7 Å². The number of hydrogen-bond donors (Lipinski definition) is 2. The van der Waals surface area contributed by atoms with Crippen molar-refractivity contribution < 1.29 is 19.8 Å². The molecule has 0 atom stereocenters. The molecule has 0 unspecified atom stereocenters. The maximum absolute atomic E-state index is 11.2. The fourth-order valence-corrected chi connectivity index (χ4v) is 2.10. The third-order valence-corrected chi connectivity index (χ3v) is 3.20. The Balaban J connectivity index is 0. The first-order valence-electron chi connectivity index (χ1n) is 6.48. The van der Waals surface area contributed by atoms with Crippen molar-refractivity contribution in [2.45, 2.75) is 65.2 Å². The van der Waals surface area contributed by atoms with E-state index in [0.717, 1.165) is 25.7 Å². The average molecular weight is 286 g/mol. The van der Waals surface area contributed by atoms with Crippen LogP contribution in [-0.2, 0) is 9.59 Å². The van der Waals surface area contributed by atoms with Crippen molar-refractivity contribution in [2.24, 2.45) is 5.41 Å². The van der Waals surface area contributed by atoms with Gasteiger partial charge in [-0.25, -0.2) is 0 Å². The molecule has 0 aliphatic carbocycles. The van der Waals surface area contributed by atoms with Gasteiger partial charge in [-0.3, -0.25) is 9.59 Å². The standard InChI is InChI=1S/C13H24O4.Ca.2H/c1-3-5-6-7-8-10-13(9-4-2,11(14)15)12(16)17;;;/h3-10H2,1-2H3,(H,14,15)(H,16,17);;;. The summed E-state index contributed by atoms with van der Waals surface area (Å²) in [5, 5.41) is 18.3. The molecule has 0 aliphatic heterocycles. The van der Waals surface area contributed by atoms with Crippen LogP contribution < -0.4 is 0 Å². The van der Waals surface area contributed by atoms with E-state index in [4.69, 9.17) is 10.2 Å². The summed E-state index contributed by atoms with van der Waals surface area (Å²) in [6.45, 7) is 3.92. The van der Waals surface area contributed by atoms with Crippen LogP contribution in [0.5, 0.6) is 0 Å². The second-order valence-corrected chi connectivity index (χ2v) is 4.61. The minimum absolute atomic E-state index is 0. The van der Waals surface area contributed by atoms with Gasteiger partial charge in [0.15, 0.2) is 5.41 Å². The summed E-state index contributed by atoms with van der Waals surface area (Å²) in [7, 11) is 0. The van der Waals surface area contributed by atoms with Gasteiger partial charge in [0.05, 0.1) is 0 Å². The zero-order chi connectivity index (χ0) is 13.3. The van der Waals surface area contributed by atoms with Crippen molar-refractivity contribution in [3.63, 3.8) is 0 Å². The molecule has 0 spiro atoms. The van der Waals surface area contributed by atoms with Crippen molar-refractivity contribution in [2.75, 3.05) is 0 Å². The van der Waals surface area contributed by atoms with Gasteiger partial charge in [-0.2, -0.15) is 0 Å². The van der Waals surface area contributed by atoms with Gasteiger partial charge in [-0.15, -0.1) is 0 Å². The minimum atomic E-state index is -1.57. The van der Waals surface area contributed by atoms with Crippen LogP contribution in [0.1, 0.15) is 65.2 Å². The first kappa shape index (κ1) is 20.5. The van der Waals surface area contributed by atoms with Gasteiger partial charge in [0.1, 0.15) is 0 Å². The second kappa shape index (κ2) is 11.1. The Bertz CT molecular complexity index is 239. The third-order valence-electron chi connectivity index (χ3n) is 3.20. The van der Waals surface area contributed by atoms with Crippen LogP contribution in [0.2, 0.25) is 0 Å². The number of rotatable bonds is 10. The molecule has 0 radical (unpaired) electrons. The predicted octanol–water partition coefficient (Wildman–Crippen LogP) is 2.39. The van der Waals surface area contributed by atoms with Crippen LogP contribution >= 0.6 is 0 Å². The summed E-state index contributed by atoms with van der Waals surface area (Å²) in [5.41, 5.74) is -1.57. The van der Waals surface area contributed by atoms with Crippen molar-refractivity contribution in [1.82, 2.24) is 0 Å². The first-order valence-corrected chi connectivity index (χ1v) is 6.48. The number of carbonyl (C=O) groups is 2. The molecule has 2 N–H and O–H groups in total. The van der Waals surface area contributed by atoms with Crippen molar-refractivity contribution >= 4 is 49.7 Å². The molecule has 0 bridgehead atoms. The molecule has 0 aromatic carbocycles. The van der Waals surface area contributed by atoms with E-state index in [-0.39, 0.29) is 50.6 Å². The summed E-state index contributed by atoms with van der Waals surface area (Å²) >= 11 is 0. The van der Waals surface area contributed by atoms with Crippen LogP contribution in [0.25, 0.3) is 0 Å². The fourth-order valence-electron chi connectivity index (χ4n) is 2.10. The first-order chi connectivity index (χ1) is 8.01. The molecule has 0 saturated carbocycles. The van der Waals surface area contributed by atoms with E-state index in [2.05, 4.69) is 6.92 Å². The number of hydrogen-bond acceptors (Lipinski definition) is 2. The number of unbranched alkanes of at least 4 members (excludes halogenated alkanes) is 4. The maximum atomic E-state index is 11.2. The van der Waals surface area contributed by atoms with Crippen LogP contribution in [0.3, 0.4) is 0 Å². The number of carboxylic acid groups (broad SMARTS) is 2. The van der Waals surface area contributed by atoms with Gasteiger partial charge in [0.2, 0.25) is 0 Å². The normalized spacial score (nSPS) is 10.8. The molecule has 0 amide bonds. The van der Waals surface area contributed by atoms with E-state index in [0.29, 0.717) is 12.8 Å². The van der Waals surface area contributed by atoms with Gasteiger partial charge in [0, 0.05) is 0 Å². The van der Waals surface area contributed by atoms with Crippen LogP contribution in [0, 0.1) is 5.41 Å². The second-order valence-electron chi connectivity index (χ2n) is 4.61. The molecule has 0 saturated heterocycles. The molecule has 0 rings (SSSR count). The fraction of sp³-hybridized carbons (Fsp3) is 0.846. The van der Waals surface area contributed by atoms with Gasteiger partial charge in [-0.05, 0) is 12.8 Å². The summed E-state index contributed by atoms with van der Waals surface area (Å²) < 4.78 is 0. The molecule has 0 aromatic rings. The summed E-state index contributed by atoms with van der Waals surface area (Å²) in [4.78, 5) is 22.4. The zero-order valence-corrected chi connectivity index (χ0v) is 10.9. The molecule has 0 heterocycles. The molecule has 0 aromatic heterocycles.